The van der Waals surface area contributed by atoms with Crippen LogP contribution >= 0.6 is 0 Å². The molecule has 1 aliphatic heterocycles. The molecule has 5 nitrogen and oxygen atoms in total. The monoisotopic (exact) mass is 310 g/mol. The van der Waals surface area contributed by atoms with Crippen molar-refractivity contribution in [3.8, 4) is 11.5 Å². The molecular weight excluding hydrogens is 288 g/mol. The number of nitrogens with zero attached hydrogens (tertiary/aromatic N) is 4. The number of hydrogen-bond donors (Lipinski definition) is 1. The van der Waals surface area contributed by atoms with E-state index in [0.717, 1.165) is 42.3 Å². The number of hydrogen-bond acceptors (Lipinski definition) is 5. The average molecular weight is 310 g/mol. The zero-order valence-electron chi connectivity index (χ0n) is 13.6. The minimum Gasteiger partial charge on any atom is -0.396 e. The molecule has 0 radical (unpaired) electrons. The van der Waals surface area contributed by atoms with Gasteiger partial charge in [-0.1, -0.05) is 6.07 Å². The van der Waals surface area contributed by atoms with Crippen molar-refractivity contribution in [1.29, 1.82) is 0 Å². The molecular formula is C18H22N4O. The van der Waals surface area contributed by atoms with E-state index in [2.05, 4.69) is 21.8 Å². The Labute approximate surface area is 136 Å². The lowest BCUT2D eigenvalue weighted by Crippen LogP contribution is -2.37. The standard InChI is InChI=1S/C18H22N4O/c1-11-12(2)20-17(16-5-3-4-6-19-16)21-18(11)22-8-13-7-14(10-23)15(13)9-22/h3-6,13-15,23H,7-10H2,1-2H3/t13-,14-,15+/m1/s1. The largest absolute Gasteiger partial charge is 0.396 e. The molecule has 2 aliphatic rings. The maximum Gasteiger partial charge on any atom is 0.180 e. The van der Waals surface area contributed by atoms with E-state index in [9.17, 15) is 5.11 Å². The zero-order chi connectivity index (χ0) is 16.0. The van der Waals surface area contributed by atoms with Crippen LogP contribution in [0.3, 0.4) is 0 Å². The quantitative estimate of drug-likeness (QED) is 0.942. The summed E-state index contributed by atoms with van der Waals surface area (Å²) in [5.41, 5.74) is 2.97. The molecule has 2 aromatic heterocycles. The SMILES string of the molecule is Cc1nc(-c2ccccn2)nc(N2C[C@H]3C[C@H](CO)[C@H]3C2)c1C. The molecule has 0 aromatic carbocycles. The summed E-state index contributed by atoms with van der Waals surface area (Å²) in [5, 5.41) is 9.43. The maximum atomic E-state index is 9.43. The van der Waals surface area contributed by atoms with Crippen molar-refractivity contribution in [2.75, 3.05) is 24.6 Å². The highest BCUT2D eigenvalue weighted by molar-refractivity contribution is 5.57. The van der Waals surface area contributed by atoms with Crippen LogP contribution in [-0.2, 0) is 0 Å². The highest BCUT2D eigenvalue weighted by Gasteiger charge is 2.47. The topological polar surface area (TPSA) is 62.1 Å². The van der Waals surface area contributed by atoms with E-state index in [1.165, 1.54) is 0 Å². The summed E-state index contributed by atoms with van der Waals surface area (Å²) >= 11 is 0. The highest BCUT2D eigenvalue weighted by Crippen LogP contribution is 2.46. The molecule has 2 fully saturated rings. The van der Waals surface area contributed by atoms with Crippen molar-refractivity contribution in [3.63, 3.8) is 0 Å². The van der Waals surface area contributed by atoms with Gasteiger partial charge in [0.1, 0.15) is 11.5 Å². The number of aryl methyl sites for hydroxylation is 1. The van der Waals surface area contributed by atoms with Crippen LogP contribution in [0.1, 0.15) is 17.7 Å². The zero-order valence-corrected chi connectivity index (χ0v) is 13.6. The maximum absolute atomic E-state index is 9.43. The lowest BCUT2D eigenvalue weighted by atomic mass is 9.67. The lowest BCUT2D eigenvalue weighted by molar-refractivity contribution is 0.0579. The minimum atomic E-state index is 0.315. The molecule has 0 spiro atoms. The van der Waals surface area contributed by atoms with Crippen molar-refractivity contribution in [1.82, 2.24) is 15.0 Å². The molecule has 0 amide bonds. The Balaban J connectivity index is 1.68. The predicted octanol–water partition coefficient (Wildman–Crippen LogP) is 2.22. The molecule has 5 heteroatoms. The molecule has 1 saturated carbocycles. The Bertz CT molecular complexity index is 718. The van der Waals surface area contributed by atoms with Crippen molar-refractivity contribution in [3.05, 3.63) is 35.7 Å². The third-order valence-electron chi connectivity index (χ3n) is 5.49. The normalized spacial score (nSPS) is 26.0. The summed E-state index contributed by atoms with van der Waals surface area (Å²) in [5.74, 6) is 3.53. The number of pyridine rings is 1. The summed E-state index contributed by atoms with van der Waals surface area (Å²) in [6.07, 6.45) is 2.92. The Morgan fingerprint density at radius 2 is 2.09 bits per heavy atom. The summed E-state index contributed by atoms with van der Waals surface area (Å²) in [6, 6.07) is 5.81. The first-order valence-electron chi connectivity index (χ1n) is 8.30. The van der Waals surface area contributed by atoms with E-state index in [-0.39, 0.29) is 0 Å². The molecule has 1 aliphatic carbocycles. The lowest BCUT2D eigenvalue weighted by Gasteiger charge is -2.37. The first kappa shape index (κ1) is 14.6. The van der Waals surface area contributed by atoms with Crippen molar-refractivity contribution in [2.24, 2.45) is 17.8 Å². The molecule has 23 heavy (non-hydrogen) atoms. The number of anilines is 1. The van der Waals surface area contributed by atoms with Gasteiger partial charge in [-0.05, 0) is 50.2 Å². The van der Waals surface area contributed by atoms with Gasteiger partial charge in [-0.3, -0.25) is 4.98 Å². The summed E-state index contributed by atoms with van der Waals surface area (Å²) in [7, 11) is 0. The van der Waals surface area contributed by atoms with Gasteiger partial charge in [0.2, 0.25) is 0 Å². The highest BCUT2D eigenvalue weighted by atomic mass is 16.3. The van der Waals surface area contributed by atoms with Gasteiger partial charge in [-0.15, -0.1) is 0 Å². The van der Waals surface area contributed by atoms with Gasteiger partial charge in [0.25, 0.3) is 0 Å². The first-order valence-corrected chi connectivity index (χ1v) is 8.30. The second kappa shape index (κ2) is 5.57. The number of aromatic nitrogens is 3. The van der Waals surface area contributed by atoms with Crippen molar-refractivity contribution in [2.45, 2.75) is 20.3 Å². The fourth-order valence-corrected chi connectivity index (χ4v) is 3.96. The van der Waals surface area contributed by atoms with Crippen LogP contribution in [0.25, 0.3) is 11.5 Å². The molecule has 120 valence electrons. The number of rotatable bonds is 3. The summed E-state index contributed by atoms with van der Waals surface area (Å²) in [6.45, 7) is 6.48. The van der Waals surface area contributed by atoms with Gasteiger partial charge >= 0.3 is 0 Å². The van der Waals surface area contributed by atoms with Gasteiger partial charge in [0, 0.05) is 37.2 Å². The Hall–Kier alpha value is -2.01. The minimum absolute atomic E-state index is 0.315. The van der Waals surface area contributed by atoms with Crippen molar-refractivity contribution >= 4 is 5.82 Å². The molecule has 0 unspecified atom stereocenters. The van der Waals surface area contributed by atoms with Crippen LogP contribution in [0, 0.1) is 31.6 Å². The third-order valence-corrected chi connectivity index (χ3v) is 5.49. The van der Waals surface area contributed by atoms with Gasteiger partial charge in [-0.2, -0.15) is 0 Å². The van der Waals surface area contributed by atoms with Crippen LogP contribution in [0.5, 0.6) is 0 Å². The van der Waals surface area contributed by atoms with E-state index < -0.39 is 0 Å². The Kier molecular flexibility index (Phi) is 3.53. The van der Waals surface area contributed by atoms with E-state index in [0.29, 0.717) is 30.2 Å². The van der Waals surface area contributed by atoms with Gasteiger partial charge in [0.15, 0.2) is 5.82 Å². The molecule has 0 bridgehead atoms. The summed E-state index contributed by atoms with van der Waals surface area (Å²) in [4.78, 5) is 16.2. The second-order valence-corrected chi connectivity index (χ2v) is 6.80. The molecule has 1 saturated heterocycles. The average Bonchev–Trinajstić information content (AvgIpc) is 2.89. The van der Waals surface area contributed by atoms with E-state index in [1.807, 2.05) is 25.1 Å². The fourth-order valence-electron chi connectivity index (χ4n) is 3.96. The Morgan fingerprint density at radius 3 is 2.83 bits per heavy atom. The third kappa shape index (κ3) is 2.39. The Morgan fingerprint density at radius 1 is 1.22 bits per heavy atom. The number of aliphatic hydroxyl groups excluding tert-OH is 1. The van der Waals surface area contributed by atoms with E-state index >= 15 is 0 Å². The van der Waals surface area contributed by atoms with Crippen LogP contribution in [-0.4, -0.2) is 39.8 Å². The predicted molar refractivity (Wildman–Crippen MR) is 89.1 cm³/mol. The van der Waals surface area contributed by atoms with Crippen LogP contribution < -0.4 is 4.90 Å². The van der Waals surface area contributed by atoms with E-state index in [4.69, 9.17) is 4.98 Å². The van der Waals surface area contributed by atoms with Crippen LogP contribution in [0.4, 0.5) is 5.82 Å². The fraction of sp³-hybridized carbons (Fsp3) is 0.500. The second-order valence-electron chi connectivity index (χ2n) is 6.80. The van der Waals surface area contributed by atoms with Crippen LogP contribution in [0.2, 0.25) is 0 Å². The van der Waals surface area contributed by atoms with Gasteiger partial charge in [-0.25, -0.2) is 9.97 Å². The molecule has 3 atom stereocenters. The smallest absolute Gasteiger partial charge is 0.180 e. The van der Waals surface area contributed by atoms with Gasteiger partial charge < -0.3 is 10.0 Å². The molecule has 4 rings (SSSR count). The number of fused-ring (bicyclic) bond motifs is 1. The molecule has 1 N–H and O–H groups in total. The number of aliphatic hydroxyl groups is 1. The van der Waals surface area contributed by atoms with Crippen LogP contribution in [0.15, 0.2) is 24.4 Å². The molecule has 3 heterocycles. The molecule has 2 aromatic rings. The van der Waals surface area contributed by atoms with Gasteiger partial charge in [0.05, 0.1) is 0 Å². The summed E-state index contributed by atoms with van der Waals surface area (Å²) < 4.78 is 0. The first-order chi connectivity index (χ1) is 11.2. The van der Waals surface area contributed by atoms with Crippen molar-refractivity contribution < 1.29 is 5.11 Å². The van der Waals surface area contributed by atoms with E-state index in [1.54, 1.807) is 6.20 Å².